The average molecular weight is 320 g/mol. The molecule has 0 saturated carbocycles. The minimum Gasteiger partial charge on any atom is -0.619 e. The maximum atomic E-state index is 11.7. The summed E-state index contributed by atoms with van der Waals surface area (Å²) in [5.41, 5.74) is 3.63. The lowest BCUT2D eigenvalue weighted by molar-refractivity contribution is -0.605. The largest absolute Gasteiger partial charge is 0.619 e. The summed E-state index contributed by atoms with van der Waals surface area (Å²) in [6, 6.07) is 10.3. The van der Waals surface area contributed by atoms with E-state index in [9.17, 15) is 10.0 Å². The van der Waals surface area contributed by atoms with E-state index in [0.717, 1.165) is 10.0 Å². The van der Waals surface area contributed by atoms with Gasteiger partial charge in [0.15, 0.2) is 12.4 Å². The number of benzene rings is 1. The number of hydrogen-bond donors (Lipinski definition) is 1. The summed E-state index contributed by atoms with van der Waals surface area (Å²) in [5.74, 6) is -0.367. The van der Waals surface area contributed by atoms with E-state index in [-0.39, 0.29) is 5.91 Å². The van der Waals surface area contributed by atoms with Gasteiger partial charge in [0.05, 0.1) is 11.8 Å². The number of amides is 1. The zero-order valence-electron chi connectivity index (χ0n) is 9.79. The molecular weight excluding hydrogens is 310 g/mol. The van der Waals surface area contributed by atoms with Gasteiger partial charge >= 0.3 is 0 Å². The maximum absolute atomic E-state index is 11.7. The highest BCUT2D eigenvalue weighted by atomic mass is 79.9. The van der Waals surface area contributed by atoms with Crippen LogP contribution in [0.3, 0.4) is 0 Å². The number of carbonyl (C=O) groups is 1. The van der Waals surface area contributed by atoms with E-state index >= 15 is 0 Å². The minimum absolute atomic E-state index is 0.367. The molecule has 1 amide bonds. The van der Waals surface area contributed by atoms with Gasteiger partial charge in [0.25, 0.3) is 5.91 Å². The van der Waals surface area contributed by atoms with E-state index in [4.69, 9.17) is 0 Å². The van der Waals surface area contributed by atoms with Crippen LogP contribution in [0.2, 0.25) is 0 Å². The van der Waals surface area contributed by atoms with E-state index in [1.165, 1.54) is 24.5 Å². The van der Waals surface area contributed by atoms with Crippen molar-refractivity contribution in [1.82, 2.24) is 5.43 Å². The Balaban J connectivity index is 1.96. The Morgan fingerprint density at radius 1 is 1.21 bits per heavy atom. The topological polar surface area (TPSA) is 68.4 Å². The number of nitrogens with one attached hydrogen (secondary N) is 1. The lowest BCUT2D eigenvalue weighted by Gasteiger charge is -1.99. The third-order valence-corrected chi connectivity index (χ3v) is 2.84. The summed E-state index contributed by atoms with van der Waals surface area (Å²) in [6.07, 6.45) is 4.06. The van der Waals surface area contributed by atoms with Crippen LogP contribution in [-0.4, -0.2) is 12.1 Å². The average Bonchev–Trinajstić information content (AvgIpc) is 2.41. The number of carbonyl (C=O) groups excluding carboxylic acids is 1. The van der Waals surface area contributed by atoms with Crippen LogP contribution >= 0.6 is 15.9 Å². The van der Waals surface area contributed by atoms with Gasteiger partial charge < -0.3 is 5.21 Å². The second-order valence-corrected chi connectivity index (χ2v) is 4.61. The SMILES string of the molecule is O=C(N/N=C/c1ccc(Br)cc1)c1cc[n+]([O-])cc1. The molecule has 1 aromatic carbocycles. The predicted molar refractivity (Wildman–Crippen MR) is 74.6 cm³/mol. The Hall–Kier alpha value is -2.21. The van der Waals surface area contributed by atoms with Crippen molar-refractivity contribution in [3.05, 3.63) is 69.6 Å². The quantitative estimate of drug-likeness (QED) is 0.406. The van der Waals surface area contributed by atoms with Crippen molar-refractivity contribution in [2.24, 2.45) is 5.10 Å². The van der Waals surface area contributed by atoms with E-state index in [0.29, 0.717) is 10.3 Å². The molecule has 19 heavy (non-hydrogen) atoms. The first kappa shape index (κ1) is 13.2. The summed E-state index contributed by atoms with van der Waals surface area (Å²) < 4.78 is 1.59. The van der Waals surface area contributed by atoms with Crippen LogP contribution in [0.1, 0.15) is 15.9 Å². The van der Waals surface area contributed by atoms with Crippen molar-refractivity contribution >= 4 is 28.1 Å². The molecule has 0 aliphatic heterocycles. The second-order valence-electron chi connectivity index (χ2n) is 3.70. The molecule has 6 heteroatoms. The molecule has 0 fully saturated rings. The molecular formula is C13H10BrN3O2. The van der Waals surface area contributed by atoms with Gasteiger partial charge in [-0.25, -0.2) is 5.43 Å². The summed E-state index contributed by atoms with van der Waals surface area (Å²) >= 11 is 3.33. The van der Waals surface area contributed by atoms with Gasteiger partial charge in [0.1, 0.15) is 0 Å². The molecule has 96 valence electrons. The fourth-order valence-electron chi connectivity index (χ4n) is 1.34. The van der Waals surface area contributed by atoms with Gasteiger partial charge in [-0.1, -0.05) is 28.1 Å². The molecule has 0 atom stereocenters. The van der Waals surface area contributed by atoms with E-state index in [2.05, 4.69) is 26.5 Å². The van der Waals surface area contributed by atoms with Crippen LogP contribution in [0.4, 0.5) is 0 Å². The zero-order chi connectivity index (χ0) is 13.7. The van der Waals surface area contributed by atoms with Crippen molar-refractivity contribution in [1.29, 1.82) is 0 Å². The third-order valence-electron chi connectivity index (χ3n) is 2.31. The molecule has 0 bridgehead atoms. The Labute approximate surface area is 118 Å². The highest BCUT2D eigenvalue weighted by Crippen LogP contribution is 2.08. The van der Waals surface area contributed by atoms with Gasteiger partial charge in [-0.2, -0.15) is 9.83 Å². The summed E-state index contributed by atoms with van der Waals surface area (Å²) in [6.45, 7) is 0. The van der Waals surface area contributed by atoms with E-state index in [1.54, 1.807) is 6.21 Å². The number of pyridine rings is 1. The van der Waals surface area contributed by atoms with E-state index in [1.807, 2.05) is 24.3 Å². The molecule has 1 heterocycles. The predicted octanol–water partition coefficient (Wildman–Crippen LogP) is 1.85. The Kier molecular flexibility index (Phi) is 4.25. The van der Waals surface area contributed by atoms with Crippen LogP contribution in [0.5, 0.6) is 0 Å². The number of rotatable bonds is 3. The highest BCUT2D eigenvalue weighted by Gasteiger charge is 2.04. The zero-order valence-corrected chi connectivity index (χ0v) is 11.4. The molecule has 5 nitrogen and oxygen atoms in total. The van der Waals surface area contributed by atoms with Crippen molar-refractivity contribution < 1.29 is 9.52 Å². The molecule has 0 aliphatic carbocycles. The smallest absolute Gasteiger partial charge is 0.271 e. The lowest BCUT2D eigenvalue weighted by atomic mass is 10.2. The van der Waals surface area contributed by atoms with Crippen molar-refractivity contribution in [2.75, 3.05) is 0 Å². The van der Waals surface area contributed by atoms with Crippen molar-refractivity contribution in [2.45, 2.75) is 0 Å². The van der Waals surface area contributed by atoms with Crippen LogP contribution in [-0.2, 0) is 0 Å². The highest BCUT2D eigenvalue weighted by molar-refractivity contribution is 9.10. The first-order valence-corrected chi connectivity index (χ1v) is 6.22. The Morgan fingerprint density at radius 2 is 1.84 bits per heavy atom. The van der Waals surface area contributed by atoms with Crippen LogP contribution in [0.15, 0.2) is 58.4 Å². The van der Waals surface area contributed by atoms with Gasteiger partial charge in [0.2, 0.25) is 0 Å². The fourth-order valence-corrected chi connectivity index (χ4v) is 1.61. The Bertz CT molecular complexity index is 594. The first-order chi connectivity index (χ1) is 9.15. The van der Waals surface area contributed by atoms with Crippen LogP contribution in [0, 0.1) is 5.21 Å². The lowest BCUT2D eigenvalue weighted by Crippen LogP contribution is -2.26. The minimum atomic E-state index is -0.367. The molecule has 2 rings (SSSR count). The monoisotopic (exact) mass is 319 g/mol. The molecule has 1 aromatic heterocycles. The second kappa shape index (κ2) is 6.10. The van der Waals surface area contributed by atoms with Gasteiger partial charge in [-0.15, -0.1) is 0 Å². The summed E-state index contributed by atoms with van der Waals surface area (Å²) in [5, 5.41) is 14.7. The number of hydrazone groups is 1. The molecule has 0 unspecified atom stereocenters. The van der Waals surface area contributed by atoms with Crippen LogP contribution in [0.25, 0.3) is 0 Å². The molecule has 2 aromatic rings. The molecule has 0 spiro atoms. The van der Waals surface area contributed by atoms with Crippen molar-refractivity contribution in [3.63, 3.8) is 0 Å². The first-order valence-electron chi connectivity index (χ1n) is 5.43. The standard InChI is InChI=1S/C13H10BrN3O2/c14-12-3-1-10(2-4-12)9-15-16-13(18)11-5-7-17(19)8-6-11/h1-9H,(H,16,18)/b15-9+. The number of halogens is 1. The number of nitrogens with zero attached hydrogens (tertiary/aromatic N) is 2. The fraction of sp³-hybridized carbons (Fsp3) is 0. The normalized spacial score (nSPS) is 10.6. The third kappa shape index (κ3) is 3.89. The van der Waals surface area contributed by atoms with E-state index < -0.39 is 0 Å². The molecule has 0 aliphatic rings. The summed E-state index contributed by atoms with van der Waals surface area (Å²) in [7, 11) is 0. The van der Waals surface area contributed by atoms with Gasteiger partial charge in [-0.05, 0) is 17.7 Å². The van der Waals surface area contributed by atoms with Crippen molar-refractivity contribution in [3.8, 4) is 0 Å². The number of hydrogen-bond acceptors (Lipinski definition) is 3. The molecule has 1 N–H and O–H groups in total. The van der Waals surface area contributed by atoms with Gasteiger partial charge in [0, 0.05) is 16.6 Å². The summed E-state index contributed by atoms with van der Waals surface area (Å²) in [4.78, 5) is 11.7. The maximum Gasteiger partial charge on any atom is 0.271 e. The molecule has 0 saturated heterocycles. The Morgan fingerprint density at radius 3 is 2.47 bits per heavy atom. The molecule has 0 radical (unpaired) electrons. The van der Waals surface area contributed by atoms with Gasteiger partial charge in [-0.3, -0.25) is 4.79 Å². The number of aromatic nitrogens is 1. The van der Waals surface area contributed by atoms with Crippen LogP contribution < -0.4 is 10.2 Å².